The van der Waals surface area contributed by atoms with E-state index in [0.29, 0.717) is 17.0 Å². The first-order valence-electron chi connectivity index (χ1n) is 25.3. The first-order chi connectivity index (χ1) is 34.2. The van der Waals surface area contributed by atoms with Gasteiger partial charge < -0.3 is 9.32 Å². The average molecular weight is 753 g/mol. The van der Waals surface area contributed by atoms with Crippen LogP contribution in [0.15, 0.2) is 229 Å². The van der Waals surface area contributed by atoms with E-state index < -0.39 is 101 Å². The van der Waals surface area contributed by atoms with Crippen molar-refractivity contribution in [1.29, 1.82) is 0 Å². The minimum atomic E-state index is -0.779. The average Bonchev–Trinajstić information content (AvgIpc) is 3.79. The number of fused-ring (bicyclic) bond motifs is 6. The van der Waals surface area contributed by atoms with Gasteiger partial charge in [-0.15, -0.1) is 0 Å². The molecular formula is C56H37NO. The summed E-state index contributed by atoms with van der Waals surface area (Å²) in [5, 5.41) is 5.94. The van der Waals surface area contributed by atoms with Gasteiger partial charge in [0.05, 0.1) is 17.8 Å². The fourth-order valence-electron chi connectivity index (χ4n) is 7.76. The van der Waals surface area contributed by atoms with Crippen LogP contribution in [0.2, 0.25) is 0 Å². The molecule has 0 radical (unpaired) electrons. The highest BCUT2D eigenvalue weighted by Gasteiger charge is 2.18. The number of hydrogen-bond acceptors (Lipinski definition) is 2. The molecule has 0 aliphatic carbocycles. The van der Waals surface area contributed by atoms with Gasteiger partial charge in [-0.3, -0.25) is 0 Å². The molecule has 0 aliphatic heterocycles. The molecule has 11 aromatic rings. The van der Waals surface area contributed by atoms with E-state index in [1.54, 1.807) is 4.90 Å². The number of anilines is 3. The largest absolute Gasteiger partial charge is 0.455 e. The topological polar surface area (TPSA) is 16.4 Å². The van der Waals surface area contributed by atoms with Crippen molar-refractivity contribution < 1.29 is 22.2 Å². The van der Waals surface area contributed by atoms with Gasteiger partial charge >= 0.3 is 0 Å². The lowest BCUT2D eigenvalue weighted by Crippen LogP contribution is -2.10. The third kappa shape index (κ3) is 5.91. The van der Waals surface area contributed by atoms with Crippen molar-refractivity contribution in [3.63, 3.8) is 0 Å². The molecule has 0 atom stereocenters. The zero-order valence-corrected chi connectivity index (χ0v) is 30.7. The molecule has 0 spiro atoms. The van der Waals surface area contributed by atoms with Gasteiger partial charge in [0, 0.05) is 33.2 Å². The number of rotatable bonds is 7. The van der Waals surface area contributed by atoms with Crippen LogP contribution in [-0.2, 0) is 0 Å². The van der Waals surface area contributed by atoms with Crippen LogP contribution >= 0.6 is 0 Å². The van der Waals surface area contributed by atoms with Gasteiger partial charge in [-0.25, -0.2) is 0 Å². The molecule has 11 rings (SSSR count). The van der Waals surface area contributed by atoms with Crippen LogP contribution in [-0.4, -0.2) is 0 Å². The van der Waals surface area contributed by atoms with Crippen molar-refractivity contribution in [2.45, 2.75) is 0 Å². The van der Waals surface area contributed by atoms with Crippen LogP contribution in [0.25, 0.3) is 88.0 Å². The third-order valence-corrected chi connectivity index (χ3v) is 10.5. The zero-order valence-electron chi connectivity index (χ0n) is 43.7. The van der Waals surface area contributed by atoms with E-state index in [0.717, 1.165) is 60.2 Å². The van der Waals surface area contributed by atoms with Gasteiger partial charge in [0.2, 0.25) is 0 Å². The summed E-state index contributed by atoms with van der Waals surface area (Å²) in [7, 11) is 0. The Morgan fingerprint density at radius 1 is 0.362 bits per heavy atom. The second-order valence-electron chi connectivity index (χ2n) is 13.9. The second kappa shape index (κ2) is 14.1. The van der Waals surface area contributed by atoms with Gasteiger partial charge in [-0.2, -0.15) is 0 Å². The summed E-state index contributed by atoms with van der Waals surface area (Å²) in [6, 6.07) is 38.1. The smallest absolute Gasteiger partial charge is 0.143 e. The number of benzene rings is 10. The van der Waals surface area contributed by atoms with Crippen LogP contribution in [0.4, 0.5) is 17.1 Å². The molecule has 0 saturated heterocycles. The molecule has 0 bridgehead atoms. The Labute approximate surface area is 355 Å². The first kappa shape index (κ1) is 22.8. The van der Waals surface area contributed by atoms with Gasteiger partial charge in [-0.05, 0) is 109 Å². The van der Waals surface area contributed by atoms with Crippen molar-refractivity contribution in [3.05, 3.63) is 224 Å². The maximum Gasteiger partial charge on any atom is 0.143 e. The molecule has 272 valence electrons. The lowest BCUT2D eigenvalue weighted by atomic mass is 9.97. The molecule has 1 aromatic heterocycles. The molecule has 0 saturated carbocycles. The van der Waals surface area contributed by atoms with E-state index >= 15 is 0 Å². The molecule has 1 heterocycles. The third-order valence-electron chi connectivity index (χ3n) is 10.5. The maximum absolute atomic E-state index is 9.66. The zero-order chi connectivity index (χ0) is 49.7. The predicted octanol–water partition coefficient (Wildman–Crippen LogP) is 16.0. The van der Waals surface area contributed by atoms with Gasteiger partial charge in [0.15, 0.2) is 0 Å². The summed E-state index contributed by atoms with van der Waals surface area (Å²) in [4.78, 5) is 1.64. The van der Waals surface area contributed by atoms with Gasteiger partial charge in [-0.1, -0.05) is 176 Å². The SMILES string of the molecule is [2H]c1c([2H])c([2H])c(-c2c([2H])c([2H])c(-c3c([2H])c([2H])c(N(c4ccc(-c5cccc6ccccc56)cc4)c4cccc(-c5cccc6oc7c8ccccc8ccc7c56)c4)c([2H])c3[2H])c([2H])c2[2H])c([2H])c1[2H]. The van der Waals surface area contributed by atoms with Crippen molar-refractivity contribution in [2.75, 3.05) is 4.90 Å². The molecule has 2 nitrogen and oxygen atoms in total. The quantitative estimate of drug-likeness (QED) is 0.161. The molecular weight excluding hydrogens is 703 g/mol. The summed E-state index contributed by atoms with van der Waals surface area (Å²) in [6.07, 6.45) is 0. The number of furan rings is 1. The fraction of sp³-hybridized carbons (Fsp3) is 0. The Balaban J connectivity index is 1.11. The molecule has 2 heteroatoms. The lowest BCUT2D eigenvalue weighted by molar-refractivity contribution is 0.673. The van der Waals surface area contributed by atoms with Crippen molar-refractivity contribution >= 4 is 60.5 Å². The van der Waals surface area contributed by atoms with Crippen LogP contribution in [0.5, 0.6) is 0 Å². The van der Waals surface area contributed by atoms with Crippen LogP contribution in [0.3, 0.4) is 0 Å². The summed E-state index contributed by atoms with van der Waals surface area (Å²) in [5.74, 6) is 0. The van der Waals surface area contributed by atoms with Gasteiger partial charge in [0.1, 0.15) is 11.2 Å². The Morgan fingerprint density at radius 2 is 0.966 bits per heavy atom. The van der Waals surface area contributed by atoms with Gasteiger partial charge in [0.25, 0.3) is 0 Å². The Hall–Kier alpha value is -7.68. The van der Waals surface area contributed by atoms with Crippen LogP contribution in [0, 0.1) is 0 Å². The highest BCUT2D eigenvalue weighted by Crippen LogP contribution is 2.43. The summed E-state index contributed by atoms with van der Waals surface area (Å²) in [6.45, 7) is 0. The van der Waals surface area contributed by atoms with E-state index in [4.69, 9.17) is 16.8 Å². The van der Waals surface area contributed by atoms with E-state index in [-0.39, 0.29) is 5.69 Å². The Kier molecular flexibility index (Phi) is 5.54. The molecule has 0 amide bonds. The molecule has 10 aromatic carbocycles. The monoisotopic (exact) mass is 752 g/mol. The Morgan fingerprint density at radius 3 is 1.72 bits per heavy atom. The minimum absolute atomic E-state index is 0.150. The van der Waals surface area contributed by atoms with Crippen molar-refractivity contribution in [2.24, 2.45) is 0 Å². The molecule has 0 unspecified atom stereocenters. The highest BCUT2D eigenvalue weighted by molar-refractivity contribution is 6.19. The summed E-state index contributed by atoms with van der Waals surface area (Å²) >= 11 is 0. The predicted molar refractivity (Wildman–Crippen MR) is 245 cm³/mol. The normalized spacial score (nSPS) is 14.6. The highest BCUT2D eigenvalue weighted by atomic mass is 16.3. The molecule has 0 fully saturated rings. The summed E-state index contributed by atoms with van der Waals surface area (Å²) in [5.41, 5.74) is 3.65. The van der Waals surface area contributed by atoms with E-state index in [9.17, 15) is 5.48 Å². The number of nitrogens with zero attached hydrogens (tertiary/aromatic N) is 1. The van der Waals surface area contributed by atoms with E-state index in [1.807, 2.05) is 133 Å². The lowest BCUT2D eigenvalue weighted by Gasteiger charge is -2.26. The summed E-state index contributed by atoms with van der Waals surface area (Å²) < 4.78 is 122. The molecule has 58 heavy (non-hydrogen) atoms. The molecule has 0 aliphatic rings. The second-order valence-corrected chi connectivity index (χ2v) is 13.9. The van der Waals surface area contributed by atoms with Crippen molar-refractivity contribution in [1.82, 2.24) is 0 Å². The van der Waals surface area contributed by atoms with E-state index in [2.05, 4.69) is 12.1 Å². The minimum Gasteiger partial charge on any atom is -0.455 e. The number of hydrogen-bond donors (Lipinski definition) is 0. The first-order valence-corrected chi connectivity index (χ1v) is 18.8. The molecule has 0 N–H and O–H groups in total. The van der Waals surface area contributed by atoms with Crippen molar-refractivity contribution in [3.8, 4) is 44.5 Å². The maximum atomic E-state index is 9.66. The van der Waals surface area contributed by atoms with E-state index in [1.165, 1.54) is 0 Å². The Bertz CT molecular complexity index is 3960. The van der Waals surface area contributed by atoms with Crippen LogP contribution in [0.1, 0.15) is 17.8 Å². The van der Waals surface area contributed by atoms with Crippen LogP contribution < -0.4 is 4.90 Å². The fourth-order valence-corrected chi connectivity index (χ4v) is 7.76. The standard InChI is InChI=1S/C56H37NO/c1-2-11-38(12-3-1)39-23-25-40(26-24-39)41-27-32-46(33-28-41)57(47-34-29-44(30-35-47)50-20-9-15-42-13-4-6-18-49(42)50)48-17-8-16-45(37-48)51-21-10-22-54-55(51)53-36-31-43-14-5-7-19-52(43)56(53)58-54/h1-37H/i1D,2D,3D,11D,12D,23D,24D,25D,26D,27D,28D,32D,33D.